The van der Waals surface area contributed by atoms with Crippen LogP contribution in [0.4, 0.5) is 5.69 Å². The highest BCUT2D eigenvalue weighted by molar-refractivity contribution is 5.90. The summed E-state index contributed by atoms with van der Waals surface area (Å²) in [5.41, 5.74) is 6.17. The first-order valence-corrected chi connectivity index (χ1v) is 6.88. The lowest BCUT2D eigenvalue weighted by Crippen LogP contribution is -2.28. The van der Waals surface area contributed by atoms with Crippen LogP contribution in [-0.4, -0.2) is 48.2 Å². The van der Waals surface area contributed by atoms with Gasteiger partial charge < -0.3 is 20.5 Å². The first-order chi connectivity index (χ1) is 9.71. The Hall–Kier alpha value is -1.44. The van der Waals surface area contributed by atoms with Crippen molar-refractivity contribution < 1.29 is 14.3 Å². The number of anilines is 1. The summed E-state index contributed by atoms with van der Waals surface area (Å²) in [6, 6.07) is 0. The molecule has 1 amide bonds. The molecule has 0 spiro atoms. The predicted molar refractivity (Wildman–Crippen MR) is 74.3 cm³/mol. The Balaban J connectivity index is 1.81. The molecule has 1 aromatic heterocycles. The molecule has 1 fully saturated rings. The number of ether oxygens (including phenoxy) is 2. The van der Waals surface area contributed by atoms with E-state index in [2.05, 4.69) is 10.4 Å². The van der Waals surface area contributed by atoms with E-state index < -0.39 is 0 Å². The number of hydrogen-bond donors (Lipinski definition) is 2. The van der Waals surface area contributed by atoms with Gasteiger partial charge in [-0.05, 0) is 12.8 Å². The van der Waals surface area contributed by atoms with Crippen molar-refractivity contribution in [3.05, 3.63) is 12.4 Å². The molecule has 0 radical (unpaired) electrons. The van der Waals surface area contributed by atoms with Crippen LogP contribution >= 0.6 is 0 Å². The lowest BCUT2D eigenvalue weighted by molar-refractivity contribution is -0.118. The van der Waals surface area contributed by atoms with E-state index in [1.54, 1.807) is 18.0 Å². The van der Waals surface area contributed by atoms with Crippen LogP contribution < -0.4 is 11.1 Å². The molecule has 3 N–H and O–H groups in total. The van der Waals surface area contributed by atoms with Crippen molar-refractivity contribution in [1.29, 1.82) is 0 Å². The van der Waals surface area contributed by atoms with E-state index in [1.807, 2.05) is 6.20 Å². The highest BCUT2D eigenvalue weighted by Gasteiger charge is 2.17. The number of nitrogens with zero attached hydrogens (tertiary/aromatic N) is 2. The van der Waals surface area contributed by atoms with E-state index in [0.717, 1.165) is 26.0 Å². The largest absolute Gasteiger partial charge is 0.380 e. The molecule has 0 saturated carbocycles. The van der Waals surface area contributed by atoms with Crippen molar-refractivity contribution >= 4 is 11.6 Å². The molecular weight excluding hydrogens is 260 g/mol. The Labute approximate surface area is 118 Å². The predicted octanol–water partition coefficient (Wildman–Crippen LogP) is 0.364. The standard InChI is InChI=1S/C13H22N4O3/c1-19-12(6-14)5-13(18)16-10-7-15-17(8-10)9-11-3-2-4-20-11/h7-8,11-12H,2-6,9,14H2,1H3,(H,16,18). The van der Waals surface area contributed by atoms with Gasteiger partial charge in [0, 0.05) is 26.5 Å². The monoisotopic (exact) mass is 282 g/mol. The molecule has 112 valence electrons. The Morgan fingerprint density at radius 3 is 3.25 bits per heavy atom. The second-order valence-electron chi connectivity index (χ2n) is 4.93. The first-order valence-electron chi connectivity index (χ1n) is 6.88. The van der Waals surface area contributed by atoms with Crippen LogP contribution in [0.15, 0.2) is 12.4 Å². The van der Waals surface area contributed by atoms with Gasteiger partial charge in [0.05, 0.1) is 37.1 Å². The van der Waals surface area contributed by atoms with Crippen LogP contribution in [0.2, 0.25) is 0 Å². The molecular formula is C13H22N4O3. The minimum atomic E-state index is -0.253. The molecule has 0 aromatic carbocycles. The smallest absolute Gasteiger partial charge is 0.227 e. The first kappa shape index (κ1) is 15.0. The molecule has 2 atom stereocenters. The van der Waals surface area contributed by atoms with Crippen LogP contribution in [0.5, 0.6) is 0 Å². The summed E-state index contributed by atoms with van der Waals surface area (Å²) in [5.74, 6) is -0.126. The third-order valence-electron chi connectivity index (χ3n) is 3.34. The van der Waals surface area contributed by atoms with E-state index in [-0.39, 0.29) is 24.5 Å². The minimum absolute atomic E-state index is 0.126. The van der Waals surface area contributed by atoms with Gasteiger partial charge in [0.25, 0.3) is 0 Å². The van der Waals surface area contributed by atoms with Gasteiger partial charge in [-0.2, -0.15) is 5.10 Å². The van der Waals surface area contributed by atoms with Crippen LogP contribution in [0.25, 0.3) is 0 Å². The van der Waals surface area contributed by atoms with Gasteiger partial charge in [-0.15, -0.1) is 0 Å². The van der Waals surface area contributed by atoms with Crippen LogP contribution in [-0.2, 0) is 20.8 Å². The zero-order chi connectivity index (χ0) is 14.4. The van der Waals surface area contributed by atoms with Crippen LogP contribution in [0, 0.1) is 0 Å². The maximum Gasteiger partial charge on any atom is 0.227 e. The van der Waals surface area contributed by atoms with Gasteiger partial charge in [-0.25, -0.2) is 0 Å². The lowest BCUT2D eigenvalue weighted by atomic mass is 10.2. The molecule has 2 heterocycles. The topological polar surface area (TPSA) is 91.4 Å². The summed E-state index contributed by atoms with van der Waals surface area (Å²) in [7, 11) is 1.55. The molecule has 2 rings (SSSR count). The highest BCUT2D eigenvalue weighted by Crippen LogP contribution is 2.15. The van der Waals surface area contributed by atoms with E-state index in [1.165, 1.54) is 0 Å². The molecule has 1 aliphatic heterocycles. The Kier molecular flexibility index (Phi) is 5.51. The number of nitrogens with two attached hydrogens (primary N) is 1. The van der Waals surface area contributed by atoms with Gasteiger partial charge in [-0.3, -0.25) is 9.48 Å². The number of nitrogens with one attached hydrogen (secondary N) is 1. The van der Waals surface area contributed by atoms with Crippen molar-refractivity contribution in [3.8, 4) is 0 Å². The van der Waals surface area contributed by atoms with Gasteiger partial charge in [-0.1, -0.05) is 0 Å². The number of carbonyl (C=O) groups is 1. The zero-order valence-corrected chi connectivity index (χ0v) is 11.7. The maximum absolute atomic E-state index is 11.8. The van der Waals surface area contributed by atoms with Gasteiger partial charge >= 0.3 is 0 Å². The number of hydrogen-bond acceptors (Lipinski definition) is 5. The molecule has 1 aliphatic rings. The van der Waals surface area contributed by atoms with Crippen LogP contribution in [0.1, 0.15) is 19.3 Å². The summed E-state index contributed by atoms with van der Waals surface area (Å²) < 4.78 is 12.4. The number of aromatic nitrogens is 2. The van der Waals surface area contributed by atoms with E-state index in [9.17, 15) is 4.79 Å². The van der Waals surface area contributed by atoms with Crippen LogP contribution in [0.3, 0.4) is 0 Å². The van der Waals surface area contributed by atoms with Gasteiger partial charge in [0.2, 0.25) is 5.91 Å². The second-order valence-corrected chi connectivity index (χ2v) is 4.93. The highest BCUT2D eigenvalue weighted by atomic mass is 16.5. The van der Waals surface area contributed by atoms with E-state index in [4.69, 9.17) is 15.2 Å². The third kappa shape index (κ3) is 4.29. The van der Waals surface area contributed by atoms with Crippen molar-refractivity contribution in [3.63, 3.8) is 0 Å². The average molecular weight is 282 g/mol. The summed E-state index contributed by atoms with van der Waals surface area (Å²) in [6.07, 6.45) is 5.83. The van der Waals surface area contributed by atoms with Crippen molar-refractivity contribution in [2.45, 2.75) is 38.0 Å². The molecule has 2 unspecified atom stereocenters. The summed E-state index contributed by atoms with van der Waals surface area (Å²) in [5, 5.41) is 7.01. The Bertz CT molecular complexity index is 425. The fourth-order valence-corrected chi connectivity index (χ4v) is 2.21. The van der Waals surface area contributed by atoms with Crippen molar-refractivity contribution in [2.75, 3.05) is 25.6 Å². The van der Waals surface area contributed by atoms with Gasteiger partial charge in [0.15, 0.2) is 0 Å². The molecule has 7 heteroatoms. The molecule has 0 aliphatic carbocycles. The zero-order valence-electron chi connectivity index (χ0n) is 11.7. The molecule has 0 bridgehead atoms. The molecule has 1 saturated heterocycles. The van der Waals surface area contributed by atoms with Crippen molar-refractivity contribution in [1.82, 2.24) is 9.78 Å². The maximum atomic E-state index is 11.8. The second kappa shape index (κ2) is 7.37. The average Bonchev–Trinajstić information content (AvgIpc) is 3.09. The fraction of sp³-hybridized carbons (Fsp3) is 0.692. The summed E-state index contributed by atoms with van der Waals surface area (Å²) in [4.78, 5) is 11.8. The molecule has 7 nitrogen and oxygen atoms in total. The summed E-state index contributed by atoms with van der Waals surface area (Å²) in [6.45, 7) is 1.87. The van der Waals surface area contributed by atoms with Crippen molar-refractivity contribution in [2.24, 2.45) is 5.73 Å². The van der Waals surface area contributed by atoms with Gasteiger partial charge in [0.1, 0.15) is 0 Å². The van der Waals surface area contributed by atoms with E-state index >= 15 is 0 Å². The summed E-state index contributed by atoms with van der Waals surface area (Å²) >= 11 is 0. The number of carbonyl (C=O) groups excluding carboxylic acids is 1. The Morgan fingerprint density at radius 1 is 1.75 bits per heavy atom. The number of amides is 1. The fourth-order valence-electron chi connectivity index (χ4n) is 2.21. The number of methoxy groups -OCH3 is 1. The lowest BCUT2D eigenvalue weighted by Gasteiger charge is -2.11. The Morgan fingerprint density at radius 2 is 2.60 bits per heavy atom. The number of rotatable bonds is 7. The molecule has 20 heavy (non-hydrogen) atoms. The van der Waals surface area contributed by atoms with E-state index in [0.29, 0.717) is 12.2 Å². The quantitative estimate of drug-likeness (QED) is 0.753. The third-order valence-corrected chi connectivity index (χ3v) is 3.34. The minimum Gasteiger partial charge on any atom is -0.380 e. The SMILES string of the molecule is COC(CN)CC(=O)Nc1cnn(CC2CCCO2)c1. The molecule has 1 aromatic rings. The normalized spacial score (nSPS) is 20.0.